The number of aromatic nitrogens is 1. The molecule has 1 aromatic carbocycles. The number of amides is 1. The van der Waals surface area contributed by atoms with E-state index in [2.05, 4.69) is 0 Å². The van der Waals surface area contributed by atoms with Crippen molar-refractivity contribution >= 4 is 26.8 Å². The van der Waals surface area contributed by atoms with E-state index in [1.807, 2.05) is 48.9 Å². The highest BCUT2D eigenvalue weighted by molar-refractivity contribution is 7.89. The van der Waals surface area contributed by atoms with E-state index in [0.717, 1.165) is 29.3 Å². The van der Waals surface area contributed by atoms with Crippen LogP contribution in [0.2, 0.25) is 0 Å². The molecule has 7 heteroatoms. The SMILES string of the molecule is Cc1cccc2ccn(C(C)C(=O)N3CCC(S(=O)(=O)N4CCCC4)C3)c12. The average molecular weight is 390 g/mol. The lowest BCUT2D eigenvalue weighted by molar-refractivity contribution is -0.133. The fourth-order valence-corrected chi connectivity index (χ4v) is 6.40. The summed E-state index contributed by atoms with van der Waals surface area (Å²) < 4.78 is 29.2. The summed E-state index contributed by atoms with van der Waals surface area (Å²) in [5.74, 6) is -0.00475. The van der Waals surface area contributed by atoms with E-state index in [-0.39, 0.29) is 11.9 Å². The second kappa shape index (κ2) is 6.95. The highest BCUT2D eigenvalue weighted by Crippen LogP contribution is 2.28. The second-order valence-corrected chi connectivity index (χ2v) is 9.97. The first kappa shape index (κ1) is 18.5. The van der Waals surface area contributed by atoms with Crippen LogP contribution in [0.1, 0.15) is 37.8 Å². The lowest BCUT2D eigenvalue weighted by atomic mass is 10.1. The molecule has 2 saturated heterocycles. The minimum absolute atomic E-state index is 0.00475. The van der Waals surface area contributed by atoms with Crippen molar-refractivity contribution in [1.82, 2.24) is 13.8 Å². The molecule has 1 aromatic heterocycles. The molecule has 27 heavy (non-hydrogen) atoms. The molecule has 0 N–H and O–H groups in total. The lowest BCUT2D eigenvalue weighted by Crippen LogP contribution is -2.40. The van der Waals surface area contributed by atoms with Gasteiger partial charge in [-0.3, -0.25) is 4.79 Å². The lowest BCUT2D eigenvalue weighted by Gasteiger charge is -2.24. The molecule has 0 saturated carbocycles. The van der Waals surface area contributed by atoms with Crippen molar-refractivity contribution in [2.45, 2.75) is 44.4 Å². The largest absolute Gasteiger partial charge is 0.340 e. The number of carbonyl (C=O) groups is 1. The van der Waals surface area contributed by atoms with E-state index in [9.17, 15) is 13.2 Å². The quantitative estimate of drug-likeness (QED) is 0.807. The Labute approximate surface area is 160 Å². The second-order valence-electron chi connectivity index (χ2n) is 7.76. The van der Waals surface area contributed by atoms with E-state index >= 15 is 0 Å². The highest BCUT2D eigenvalue weighted by atomic mass is 32.2. The van der Waals surface area contributed by atoms with Gasteiger partial charge in [0, 0.05) is 32.4 Å². The minimum Gasteiger partial charge on any atom is -0.340 e. The van der Waals surface area contributed by atoms with Crippen molar-refractivity contribution in [3.05, 3.63) is 36.0 Å². The number of nitrogens with zero attached hydrogens (tertiary/aromatic N) is 3. The zero-order chi connectivity index (χ0) is 19.2. The summed E-state index contributed by atoms with van der Waals surface area (Å²) in [6.45, 7) is 6.01. The van der Waals surface area contributed by atoms with Crippen LogP contribution in [0.3, 0.4) is 0 Å². The van der Waals surface area contributed by atoms with Gasteiger partial charge in [0.2, 0.25) is 15.9 Å². The van der Waals surface area contributed by atoms with Crippen molar-refractivity contribution in [1.29, 1.82) is 0 Å². The number of hydrogen-bond donors (Lipinski definition) is 0. The number of hydrogen-bond acceptors (Lipinski definition) is 3. The first-order valence-electron chi connectivity index (χ1n) is 9.73. The minimum atomic E-state index is -3.29. The van der Waals surface area contributed by atoms with Gasteiger partial charge in [0.15, 0.2) is 0 Å². The van der Waals surface area contributed by atoms with Gasteiger partial charge < -0.3 is 9.47 Å². The van der Waals surface area contributed by atoms with Gasteiger partial charge in [0.1, 0.15) is 6.04 Å². The van der Waals surface area contributed by atoms with Crippen LogP contribution in [-0.4, -0.2) is 59.5 Å². The summed E-state index contributed by atoms with van der Waals surface area (Å²) in [5.41, 5.74) is 2.20. The van der Waals surface area contributed by atoms with Gasteiger partial charge in [-0.15, -0.1) is 0 Å². The molecule has 146 valence electrons. The number of fused-ring (bicyclic) bond motifs is 1. The van der Waals surface area contributed by atoms with E-state index in [0.29, 0.717) is 32.6 Å². The van der Waals surface area contributed by atoms with Crippen molar-refractivity contribution < 1.29 is 13.2 Å². The molecule has 2 aliphatic heterocycles. The van der Waals surface area contributed by atoms with E-state index in [1.165, 1.54) is 0 Å². The Hall–Kier alpha value is -1.86. The van der Waals surface area contributed by atoms with Gasteiger partial charge in [-0.25, -0.2) is 12.7 Å². The highest BCUT2D eigenvalue weighted by Gasteiger charge is 2.40. The predicted molar refractivity (Wildman–Crippen MR) is 106 cm³/mol. The maximum Gasteiger partial charge on any atom is 0.245 e. The zero-order valence-electron chi connectivity index (χ0n) is 16.0. The zero-order valence-corrected chi connectivity index (χ0v) is 16.8. The molecule has 0 spiro atoms. The van der Waals surface area contributed by atoms with Gasteiger partial charge in [0.05, 0.1) is 10.8 Å². The summed E-state index contributed by atoms with van der Waals surface area (Å²) in [5, 5.41) is 0.653. The number of likely N-dealkylation sites (tertiary alicyclic amines) is 1. The van der Waals surface area contributed by atoms with Gasteiger partial charge >= 0.3 is 0 Å². The molecule has 6 nitrogen and oxygen atoms in total. The molecule has 4 rings (SSSR count). The molecule has 1 amide bonds. The molecular formula is C20H27N3O3S. The van der Waals surface area contributed by atoms with Crippen LogP contribution in [-0.2, 0) is 14.8 Å². The molecule has 2 fully saturated rings. The van der Waals surface area contributed by atoms with Gasteiger partial charge in [-0.1, -0.05) is 18.2 Å². The Morgan fingerprint density at radius 2 is 1.89 bits per heavy atom. The molecular weight excluding hydrogens is 362 g/mol. The van der Waals surface area contributed by atoms with E-state index in [4.69, 9.17) is 0 Å². The number of sulfonamides is 1. The van der Waals surface area contributed by atoms with Crippen molar-refractivity contribution in [3.63, 3.8) is 0 Å². The fraction of sp³-hybridized carbons (Fsp3) is 0.550. The van der Waals surface area contributed by atoms with Gasteiger partial charge in [0.25, 0.3) is 0 Å². The predicted octanol–water partition coefficient (Wildman–Crippen LogP) is 2.54. The molecule has 0 aliphatic carbocycles. The Morgan fingerprint density at radius 1 is 1.15 bits per heavy atom. The van der Waals surface area contributed by atoms with Crippen LogP contribution in [0.4, 0.5) is 0 Å². The third-order valence-electron chi connectivity index (χ3n) is 6.02. The fourth-order valence-electron chi connectivity index (χ4n) is 4.43. The summed E-state index contributed by atoms with van der Waals surface area (Å²) in [6.07, 6.45) is 4.36. The summed E-state index contributed by atoms with van der Waals surface area (Å²) in [7, 11) is -3.29. The Balaban J connectivity index is 1.51. The van der Waals surface area contributed by atoms with Crippen LogP contribution < -0.4 is 0 Å². The van der Waals surface area contributed by atoms with Crippen molar-refractivity contribution in [2.24, 2.45) is 0 Å². The summed E-state index contributed by atoms with van der Waals surface area (Å²) in [4.78, 5) is 14.8. The van der Waals surface area contributed by atoms with Crippen LogP contribution >= 0.6 is 0 Å². The van der Waals surface area contributed by atoms with Crippen LogP contribution in [0.25, 0.3) is 10.9 Å². The normalized spacial score (nSPS) is 22.6. The Bertz CT molecular complexity index is 960. The molecule has 2 aliphatic rings. The third-order valence-corrected chi connectivity index (χ3v) is 8.33. The maximum absolute atomic E-state index is 13.1. The summed E-state index contributed by atoms with van der Waals surface area (Å²) in [6, 6.07) is 7.78. The van der Waals surface area contributed by atoms with E-state index in [1.54, 1.807) is 9.21 Å². The van der Waals surface area contributed by atoms with Gasteiger partial charge in [-0.2, -0.15) is 0 Å². The van der Waals surface area contributed by atoms with Crippen molar-refractivity contribution in [3.8, 4) is 0 Å². The molecule has 0 bridgehead atoms. The molecule has 2 atom stereocenters. The monoisotopic (exact) mass is 389 g/mol. The van der Waals surface area contributed by atoms with E-state index < -0.39 is 15.3 Å². The first-order chi connectivity index (χ1) is 12.9. The standard InChI is InChI=1S/C20H27N3O3S/c1-15-6-5-7-17-8-13-23(19(15)17)16(2)20(24)21-12-9-18(14-21)27(25,26)22-10-3-4-11-22/h5-8,13,16,18H,3-4,9-12,14H2,1-2H3. The van der Waals surface area contributed by atoms with Crippen LogP contribution in [0.15, 0.2) is 30.5 Å². The van der Waals surface area contributed by atoms with Gasteiger partial charge in [-0.05, 0) is 50.1 Å². The number of aryl methyl sites for hydroxylation is 1. The third kappa shape index (κ3) is 3.17. The smallest absolute Gasteiger partial charge is 0.245 e. The first-order valence-corrected chi connectivity index (χ1v) is 11.2. The number of carbonyl (C=O) groups excluding carboxylic acids is 1. The van der Waals surface area contributed by atoms with Crippen molar-refractivity contribution in [2.75, 3.05) is 26.2 Å². The topological polar surface area (TPSA) is 62.6 Å². The number of para-hydroxylation sites is 1. The number of rotatable bonds is 4. The van der Waals surface area contributed by atoms with Crippen LogP contribution in [0.5, 0.6) is 0 Å². The molecule has 2 aromatic rings. The Morgan fingerprint density at radius 3 is 2.63 bits per heavy atom. The Kier molecular flexibility index (Phi) is 4.76. The molecule has 2 unspecified atom stereocenters. The molecule has 3 heterocycles. The molecule has 0 radical (unpaired) electrons. The average Bonchev–Trinajstić information content (AvgIpc) is 3.40. The summed E-state index contributed by atoms with van der Waals surface area (Å²) >= 11 is 0. The maximum atomic E-state index is 13.1. The number of benzene rings is 1. The van der Waals surface area contributed by atoms with Crippen LogP contribution in [0, 0.1) is 6.92 Å².